The van der Waals surface area contributed by atoms with E-state index in [0.717, 1.165) is 31.0 Å². The highest BCUT2D eigenvalue weighted by atomic mass is 16.1. The zero-order valence-electron chi connectivity index (χ0n) is 11.7. The van der Waals surface area contributed by atoms with Gasteiger partial charge in [0, 0.05) is 31.8 Å². The molecule has 3 heterocycles. The second kappa shape index (κ2) is 5.48. The van der Waals surface area contributed by atoms with Gasteiger partial charge in [-0.3, -0.25) is 4.79 Å². The maximum Gasteiger partial charge on any atom is 0.270 e. The van der Waals surface area contributed by atoms with Crippen LogP contribution in [0.15, 0.2) is 18.3 Å². The van der Waals surface area contributed by atoms with E-state index >= 15 is 0 Å². The van der Waals surface area contributed by atoms with Crippen molar-refractivity contribution >= 4 is 17.4 Å². The fourth-order valence-corrected chi connectivity index (χ4v) is 2.51. The van der Waals surface area contributed by atoms with Crippen LogP contribution in [0.3, 0.4) is 0 Å². The Morgan fingerprint density at radius 2 is 2.20 bits per heavy atom. The van der Waals surface area contributed by atoms with Crippen LogP contribution in [0.5, 0.6) is 0 Å². The monoisotopic (exact) mass is 273 g/mol. The molecule has 0 aromatic carbocycles. The van der Waals surface area contributed by atoms with Crippen LogP contribution in [0.25, 0.3) is 5.65 Å². The third-order valence-corrected chi connectivity index (χ3v) is 3.54. The van der Waals surface area contributed by atoms with Gasteiger partial charge in [-0.1, -0.05) is 6.92 Å². The number of rotatable bonds is 4. The molecule has 2 aromatic heterocycles. The fourth-order valence-electron chi connectivity index (χ4n) is 2.51. The van der Waals surface area contributed by atoms with Crippen LogP contribution < -0.4 is 10.2 Å². The quantitative estimate of drug-likeness (QED) is 0.916. The molecule has 1 aliphatic rings. The molecule has 0 unspecified atom stereocenters. The standard InChI is InChI=1S/C14H19N5O/c1-2-6-15-14(20)11-10-13(18-8-3-4-9-18)19-12(17-11)5-7-16-19/h5,7,10H,2-4,6,8-9H2,1H3,(H,15,20). The highest BCUT2D eigenvalue weighted by Gasteiger charge is 2.19. The van der Waals surface area contributed by atoms with E-state index in [9.17, 15) is 4.79 Å². The van der Waals surface area contributed by atoms with Gasteiger partial charge in [-0.05, 0) is 19.3 Å². The first-order chi connectivity index (χ1) is 9.79. The largest absolute Gasteiger partial charge is 0.356 e. The summed E-state index contributed by atoms with van der Waals surface area (Å²) in [5.41, 5.74) is 1.18. The third-order valence-electron chi connectivity index (χ3n) is 3.54. The molecular weight excluding hydrogens is 254 g/mol. The lowest BCUT2D eigenvalue weighted by Crippen LogP contribution is -2.27. The summed E-state index contributed by atoms with van der Waals surface area (Å²) in [6.45, 7) is 4.72. The van der Waals surface area contributed by atoms with E-state index in [2.05, 4.69) is 20.3 Å². The number of amides is 1. The smallest absolute Gasteiger partial charge is 0.270 e. The molecule has 3 rings (SSSR count). The maximum atomic E-state index is 12.1. The van der Waals surface area contributed by atoms with E-state index < -0.39 is 0 Å². The molecule has 1 amide bonds. The van der Waals surface area contributed by atoms with Crippen molar-refractivity contribution in [2.75, 3.05) is 24.5 Å². The van der Waals surface area contributed by atoms with Crippen molar-refractivity contribution in [3.8, 4) is 0 Å². The number of hydrogen-bond donors (Lipinski definition) is 1. The van der Waals surface area contributed by atoms with E-state index in [1.807, 2.05) is 23.6 Å². The lowest BCUT2D eigenvalue weighted by atomic mass is 10.3. The number of fused-ring (bicyclic) bond motifs is 1. The van der Waals surface area contributed by atoms with E-state index in [1.54, 1.807) is 6.20 Å². The summed E-state index contributed by atoms with van der Waals surface area (Å²) in [6.07, 6.45) is 5.00. The Morgan fingerprint density at radius 1 is 1.40 bits per heavy atom. The van der Waals surface area contributed by atoms with Crippen LogP contribution in [-0.4, -0.2) is 40.1 Å². The van der Waals surface area contributed by atoms with Crippen LogP contribution in [0.1, 0.15) is 36.7 Å². The van der Waals surface area contributed by atoms with Crippen LogP contribution in [0.4, 0.5) is 5.82 Å². The molecule has 6 nitrogen and oxygen atoms in total. The van der Waals surface area contributed by atoms with Crippen molar-refractivity contribution in [3.05, 3.63) is 24.0 Å². The molecule has 2 aromatic rings. The van der Waals surface area contributed by atoms with E-state index in [-0.39, 0.29) is 5.91 Å². The minimum Gasteiger partial charge on any atom is -0.356 e. The Kier molecular flexibility index (Phi) is 3.54. The van der Waals surface area contributed by atoms with Gasteiger partial charge in [-0.25, -0.2) is 4.98 Å². The van der Waals surface area contributed by atoms with Crippen molar-refractivity contribution in [2.24, 2.45) is 0 Å². The molecule has 0 bridgehead atoms. The average molecular weight is 273 g/mol. The molecule has 1 N–H and O–H groups in total. The summed E-state index contributed by atoms with van der Waals surface area (Å²) in [5, 5.41) is 7.18. The van der Waals surface area contributed by atoms with Gasteiger partial charge in [0.05, 0.1) is 6.20 Å². The molecular formula is C14H19N5O. The van der Waals surface area contributed by atoms with Gasteiger partial charge in [-0.15, -0.1) is 0 Å². The lowest BCUT2D eigenvalue weighted by Gasteiger charge is -2.19. The van der Waals surface area contributed by atoms with Gasteiger partial charge < -0.3 is 10.2 Å². The number of anilines is 1. The SMILES string of the molecule is CCCNC(=O)c1cc(N2CCCC2)n2nccc2n1. The first-order valence-electron chi connectivity index (χ1n) is 7.17. The normalized spacial score (nSPS) is 14.9. The summed E-state index contributed by atoms with van der Waals surface area (Å²) >= 11 is 0. The molecule has 20 heavy (non-hydrogen) atoms. The second-order valence-corrected chi connectivity index (χ2v) is 5.05. The van der Waals surface area contributed by atoms with Gasteiger partial charge in [0.2, 0.25) is 0 Å². The molecule has 0 saturated carbocycles. The average Bonchev–Trinajstić information content (AvgIpc) is 3.13. The van der Waals surface area contributed by atoms with Crippen LogP contribution in [0.2, 0.25) is 0 Å². The number of hydrogen-bond acceptors (Lipinski definition) is 4. The minimum atomic E-state index is -0.115. The predicted molar refractivity (Wildman–Crippen MR) is 77.1 cm³/mol. The lowest BCUT2D eigenvalue weighted by molar-refractivity contribution is 0.0949. The molecule has 0 spiro atoms. The number of carbonyl (C=O) groups is 1. The van der Waals surface area contributed by atoms with Crippen molar-refractivity contribution < 1.29 is 4.79 Å². The molecule has 106 valence electrons. The molecule has 1 fully saturated rings. The molecule has 1 saturated heterocycles. The highest BCUT2D eigenvalue weighted by Crippen LogP contribution is 2.21. The van der Waals surface area contributed by atoms with Gasteiger partial charge in [-0.2, -0.15) is 9.61 Å². The number of nitrogens with zero attached hydrogens (tertiary/aromatic N) is 4. The van der Waals surface area contributed by atoms with E-state index in [4.69, 9.17) is 0 Å². The molecule has 6 heteroatoms. The van der Waals surface area contributed by atoms with E-state index in [0.29, 0.717) is 12.2 Å². The Hall–Kier alpha value is -2.11. The summed E-state index contributed by atoms with van der Waals surface area (Å²) in [4.78, 5) is 18.8. The summed E-state index contributed by atoms with van der Waals surface area (Å²) in [6, 6.07) is 3.67. The van der Waals surface area contributed by atoms with Crippen molar-refractivity contribution in [3.63, 3.8) is 0 Å². The summed E-state index contributed by atoms with van der Waals surface area (Å²) < 4.78 is 1.81. The van der Waals surface area contributed by atoms with Gasteiger partial charge in [0.1, 0.15) is 11.5 Å². The molecule has 0 aliphatic carbocycles. The van der Waals surface area contributed by atoms with Gasteiger partial charge >= 0.3 is 0 Å². The Labute approximate surface area is 117 Å². The Balaban J connectivity index is 1.99. The minimum absolute atomic E-state index is 0.115. The van der Waals surface area contributed by atoms with Crippen LogP contribution >= 0.6 is 0 Å². The second-order valence-electron chi connectivity index (χ2n) is 5.05. The topological polar surface area (TPSA) is 62.5 Å². The summed E-state index contributed by atoms with van der Waals surface area (Å²) in [5.74, 6) is 0.843. The molecule has 1 aliphatic heterocycles. The van der Waals surface area contributed by atoms with Gasteiger partial charge in [0.15, 0.2) is 5.65 Å². The van der Waals surface area contributed by atoms with E-state index in [1.165, 1.54) is 12.8 Å². The third kappa shape index (κ3) is 2.33. The number of nitrogens with one attached hydrogen (secondary N) is 1. The maximum absolute atomic E-state index is 12.1. The van der Waals surface area contributed by atoms with Crippen LogP contribution in [0, 0.1) is 0 Å². The zero-order chi connectivity index (χ0) is 13.9. The molecule has 0 atom stereocenters. The van der Waals surface area contributed by atoms with Crippen molar-refractivity contribution in [1.29, 1.82) is 0 Å². The van der Waals surface area contributed by atoms with Crippen molar-refractivity contribution in [2.45, 2.75) is 26.2 Å². The van der Waals surface area contributed by atoms with Gasteiger partial charge in [0.25, 0.3) is 5.91 Å². The zero-order valence-corrected chi connectivity index (χ0v) is 11.7. The Morgan fingerprint density at radius 3 is 2.95 bits per heavy atom. The van der Waals surface area contributed by atoms with Crippen molar-refractivity contribution in [1.82, 2.24) is 19.9 Å². The van der Waals surface area contributed by atoms with Crippen LogP contribution in [-0.2, 0) is 0 Å². The number of aromatic nitrogens is 3. The molecule has 0 radical (unpaired) electrons. The predicted octanol–water partition coefficient (Wildman–Crippen LogP) is 1.47. The first-order valence-corrected chi connectivity index (χ1v) is 7.17. The fraction of sp³-hybridized carbons (Fsp3) is 0.500. The first kappa shape index (κ1) is 12.9. The summed E-state index contributed by atoms with van der Waals surface area (Å²) in [7, 11) is 0. The highest BCUT2D eigenvalue weighted by molar-refractivity contribution is 5.93. The number of carbonyl (C=O) groups excluding carboxylic acids is 1. The Bertz CT molecular complexity index is 615.